The summed E-state index contributed by atoms with van der Waals surface area (Å²) in [6.45, 7) is 0.417. The van der Waals surface area contributed by atoms with Crippen LogP contribution in [0.3, 0.4) is 0 Å². The number of benzene rings is 1. The lowest BCUT2D eigenvalue weighted by atomic mass is 10.2. The van der Waals surface area contributed by atoms with Gasteiger partial charge in [0.15, 0.2) is 5.69 Å². The molecular formula is C13H9Br2FN6O. The van der Waals surface area contributed by atoms with Crippen LogP contribution in [0.1, 0.15) is 16.1 Å². The Morgan fingerprint density at radius 1 is 1.30 bits per heavy atom. The fourth-order valence-corrected chi connectivity index (χ4v) is 2.46. The summed E-state index contributed by atoms with van der Waals surface area (Å²) in [5.41, 5.74) is 1.06. The van der Waals surface area contributed by atoms with E-state index in [9.17, 15) is 9.18 Å². The van der Waals surface area contributed by atoms with Crippen LogP contribution in [0, 0.1) is 5.82 Å². The lowest BCUT2D eigenvalue weighted by molar-refractivity contribution is 0.102. The predicted octanol–water partition coefficient (Wildman–Crippen LogP) is 2.97. The van der Waals surface area contributed by atoms with Crippen molar-refractivity contribution in [1.29, 1.82) is 0 Å². The van der Waals surface area contributed by atoms with Gasteiger partial charge in [-0.2, -0.15) is 5.10 Å². The maximum Gasteiger partial charge on any atom is 0.279 e. The van der Waals surface area contributed by atoms with Gasteiger partial charge in [0.1, 0.15) is 16.7 Å². The molecule has 3 aromatic rings. The summed E-state index contributed by atoms with van der Waals surface area (Å²) in [6.07, 6.45) is 1.48. The number of H-pyrrole nitrogens is 1. The third-order valence-corrected chi connectivity index (χ3v) is 4.78. The number of aromatic nitrogens is 5. The summed E-state index contributed by atoms with van der Waals surface area (Å²) in [5.74, 6) is -0.586. The summed E-state index contributed by atoms with van der Waals surface area (Å²) in [5, 5.41) is 13.2. The van der Waals surface area contributed by atoms with Gasteiger partial charge in [-0.1, -0.05) is 12.1 Å². The fraction of sp³-hybridized carbons (Fsp3) is 0.0769. The molecule has 0 spiro atoms. The number of anilines is 1. The van der Waals surface area contributed by atoms with Crippen molar-refractivity contribution < 1.29 is 9.18 Å². The normalized spacial score (nSPS) is 10.7. The molecule has 2 aromatic heterocycles. The largest absolute Gasteiger partial charge is 0.288 e. The van der Waals surface area contributed by atoms with E-state index >= 15 is 0 Å². The Kier molecular flexibility index (Phi) is 4.53. The number of carbonyl (C=O) groups excluding carboxylic acids is 1. The van der Waals surface area contributed by atoms with E-state index in [-0.39, 0.29) is 17.5 Å². The molecule has 118 valence electrons. The summed E-state index contributed by atoms with van der Waals surface area (Å²) >= 11 is 6.45. The number of amides is 1. The van der Waals surface area contributed by atoms with Crippen molar-refractivity contribution >= 4 is 43.7 Å². The first-order valence-electron chi connectivity index (χ1n) is 6.37. The van der Waals surface area contributed by atoms with Crippen LogP contribution in [0.4, 0.5) is 10.3 Å². The number of nitrogens with zero attached hydrogens (tertiary/aromatic N) is 4. The molecule has 0 radical (unpaired) electrons. The highest BCUT2D eigenvalue weighted by Gasteiger charge is 2.18. The minimum atomic E-state index is -0.446. The van der Waals surface area contributed by atoms with Crippen LogP contribution < -0.4 is 5.32 Å². The van der Waals surface area contributed by atoms with Gasteiger partial charge in [-0.05, 0) is 49.6 Å². The van der Waals surface area contributed by atoms with E-state index in [4.69, 9.17) is 0 Å². The number of halogens is 3. The Bertz CT molecular complexity index is 845. The summed E-state index contributed by atoms with van der Waals surface area (Å²) in [7, 11) is 0. The van der Waals surface area contributed by atoms with Crippen molar-refractivity contribution in [1.82, 2.24) is 25.0 Å². The number of nitrogens with one attached hydrogen (secondary N) is 2. The van der Waals surface area contributed by atoms with Crippen LogP contribution in [0.2, 0.25) is 0 Å². The molecule has 2 heterocycles. The predicted molar refractivity (Wildman–Crippen MR) is 87.5 cm³/mol. The van der Waals surface area contributed by atoms with Crippen molar-refractivity contribution in [3.8, 4) is 0 Å². The van der Waals surface area contributed by atoms with Crippen molar-refractivity contribution in [2.24, 2.45) is 0 Å². The van der Waals surface area contributed by atoms with Crippen LogP contribution in [-0.4, -0.2) is 30.9 Å². The van der Waals surface area contributed by atoms with Gasteiger partial charge in [0.2, 0.25) is 5.95 Å². The maximum atomic E-state index is 12.9. The Morgan fingerprint density at radius 3 is 2.70 bits per heavy atom. The molecule has 2 N–H and O–H groups in total. The third-order valence-electron chi connectivity index (χ3n) is 2.90. The van der Waals surface area contributed by atoms with Gasteiger partial charge in [-0.15, -0.1) is 5.10 Å². The van der Waals surface area contributed by atoms with Gasteiger partial charge in [0.25, 0.3) is 5.91 Å². The highest BCUT2D eigenvalue weighted by atomic mass is 79.9. The third kappa shape index (κ3) is 3.64. The van der Waals surface area contributed by atoms with Crippen LogP contribution in [0.25, 0.3) is 0 Å². The molecule has 0 atom stereocenters. The smallest absolute Gasteiger partial charge is 0.279 e. The minimum Gasteiger partial charge on any atom is -0.288 e. The van der Waals surface area contributed by atoms with Gasteiger partial charge < -0.3 is 0 Å². The number of rotatable bonds is 4. The first-order valence-corrected chi connectivity index (χ1v) is 7.96. The number of carbonyl (C=O) groups is 1. The molecule has 10 heteroatoms. The Labute approximate surface area is 146 Å². The van der Waals surface area contributed by atoms with E-state index in [1.54, 1.807) is 16.8 Å². The molecule has 0 aliphatic carbocycles. The zero-order valence-electron chi connectivity index (χ0n) is 11.4. The van der Waals surface area contributed by atoms with Gasteiger partial charge in [-0.3, -0.25) is 15.2 Å². The topological polar surface area (TPSA) is 88.5 Å². The molecule has 1 aromatic carbocycles. The van der Waals surface area contributed by atoms with Gasteiger partial charge in [0, 0.05) is 0 Å². The maximum absolute atomic E-state index is 12.9. The summed E-state index contributed by atoms with van der Waals surface area (Å²) < 4.78 is 15.5. The number of hydrogen-bond donors (Lipinski definition) is 2. The fourth-order valence-electron chi connectivity index (χ4n) is 1.82. The number of aromatic amines is 1. The van der Waals surface area contributed by atoms with E-state index in [1.165, 1.54) is 18.5 Å². The van der Waals surface area contributed by atoms with Gasteiger partial charge >= 0.3 is 0 Å². The Balaban J connectivity index is 1.68. The van der Waals surface area contributed by atoms with Crippen LogP contribution in [-0.2, 0) is 6.54 Å². The Morgan fingerprint density at radius 2 is 2.04 bits per heavy atom. The molecular weight excluding hydrogens is 435 g/mol. The van der Waals surface area contributed by atoms with Crippen molar-refractivity contribution in [2.45, 2.75) is 6.54 Å². The molecule has 3 rings (SSSR count). The molecule has 0 fully saturated rings. The molecule has 0 bridgehead atoms. The zero-order chi connectivity index (χ0) is 16.4. The van der Waals surface area contributed by atoms with E-state index in [0.29, 0.717) is 15.6 Å². The first-order chi connectivity index (χ1) is 11.0. The average molecular weight is 444 g/mol. The van der Waals surface area contributed by atoms with E-state index in [1.807, 2.05) is 0 Å². The SMILES string of the molecule is O=C(Nc1ncn(Cc2ccc(F)cc2)n1)c1n[nH]c(Br)c1Br. The molecule has 1 amide bonds. The highest BCUT2D eigenvalue weighted by Crippen LogP contribution is 2.24. The minimum absolute atomic E-state index is 0.156. The van der Waals surface area contributed by atoms with Crippen molar-refractivity contribution in [3.05, 3.63) is 56.7 Å². The molecule has 23 heavy (non-hydrogen) atoms. The monoisotopic (exact) mass is 442 g/mol. The lowest BCUT2D eigenvalue weighted by Crippen LogP contribution is -2.14. The van der Waals surface area contributed by atoms with Crippen LogP contribution in [0.5, 0.6) is 0 Å². The highest BCUT2D eigenvalue weighted by molar-refractivity contribution is 9.13. The summed E-state index contributed by atoms with van der Waals surface area (Å²) in [6, 6.07) is 6.07. The van der Waals surface area contributed by atoms with Crippen LogP contribution >= 0.6 is 31.9 Å². The van der Waals surface area contributed by atoms with E-state index in [0.717, 1.165) is 5.56 Å². The first kappa shape index (κ1) is 15.8. The molecule has 0 unspecified atom stereocenters. The van der Waals surface area contributed by atoms with Gasteiger partial charge in [-0.25, -0.2) is 14.1 Å². The standard InChI is InChI=1S/C13H9Br2FN6O/c14-9-10(19-20-11(9)15)12(23)18-13-17-6-22(21-13)5-7-1-3-8(16)4-2-7/h1-4,6H,5H2,(H,19,20)(H,18,21,23). The second-order valence-electron chi connectivity index (χ2n) is 4.55. The number of hydrogen-bond acceptors (Lipinski definition) is 4. The van der Waals surface area contributed by atoms with Crippen molar-refractivity contribution in [3.63, 3.8) is 0 Å². The van der Waals surface area contributed by atoms with Gasteiger partial charge in [0.05, 0.1) is 11.0 Å². The zero-order valence-corrected chi connectivity index (χ0v) is 14.6. The second-order valence-corrected chi connectivity index (χ2v) is 6.13. The van der Waals surface area contributed by atoms with E-state index in [2.05, 4.69) is 57.5 Å². The molecule has 0 saturated heterocycles. The summed E-state index contributed by atoms with van der Waals surface area (Å²) in [4.78, 5) is 16.1. The lowest BCUT2D eigenvalue weighted by Gasteiger charge is -2.01. The van der Waals surface area contributed by atoms with Crippen LogP contribution in [0.15, 0.2) is 39.7 Å². The average Bonchev–Trinajstić information content (AvgIpc) is 3.09. The molecule has 7 nitrogen and oxygen atoms in total. The van der Waals surface area contributed by atoms with E-state index < -0.39 is 5.91 Å². The molecule has 0 aliphatic rings. The Hall–Kier alpha value is -2.07. The molecule has 0 saturated carbocycles. The van der Waals surface area contributed by atoms with Crippen molar-refractivity contribution in [2.75, 3.05) is 5.32 Å². The quantitative estimate of drug-likeness (QED) is 0.648. The molecule has 0 aliphatic heterocycles. The second kappa shape index (κ2) is 6.59.